The van der Waals surface area contributed by atoms with Crippen molar-refractivity contribution >= 4 is 5.91 Å². The summed E-state index contributed by atoms with van der Waals surface area (Å²) in [6.07, 6.45) is -4.21. The van der Waals surface area contributed by atoms with E-state index in [2.05, 4.69) is 21.7 Å². The molecule has 0 saturated carbocycles. The van der Waals surface area contributed by atoms with Crippen LogP contribution in [0.1, 0.15) is 39.8 Å². The Morgan fingerprint density at radius 2 is 1.84 bits per heavy atom. The molecular formula is C23H18F3N3O3. The van der Waals surface area contributed by atoms with Crippen LogP contribution < -0.4 is 10.5 Å². The molecule has 0 bridgehead atoms. The molecule has 1 aliphatic heterocycles. The van der Waals surface area contributed by atoms with E-state index in [0.29, 0.717) is 35.5 Å². The number of aromatic nitrogens is 2. The van der Waals surface area contributed by atoms with Crippen LogP contribution in [0.3, 0.4) is 0 Å². The van der Waals surface area contributed by atoms with E-state index in [-0.39, 0.29) is 11.9 Å². The Morgan fingerprint density at radius 3 is 2.47 bits per heavy atom. The highest BCUT2D eigenvalue weighted by molar-refractivity contribution is 5.92. The molecule has 3 aromatic rings. The second-order valence-electron chi connectivity index (χ2n) is 7.24. The number of fused-ring (bicyclic) bond motifs is 1. The number of nitrogens with two attached hydrogens (primary N) is 1. The van der Waals surface area contributed by atoms with Gasteiger partial charge in [-0.05, 0) is 61.4 Å². The van der Waals surface area contributed by atoms with E-state index in [9.17, 15) is 18.0 Å². The number of hydrogen-bond acceptors (Lipinski definition) is 4. The fourth-order valence-electron chi connectivity index (χ4n) is 3.36. The lowest BCUT2D eigenvalue weighted by Crippen LogP contribution is -2.21. The zero-order valence-electron chi connectivity index (χ0n) is 16.9. The van der Waals surface area contributed by atoms with Crippen LogP contribution in [0.25, 0.3) is 5.69 Å². The summed E-state index contributed by atoms with van der Waals surface area (Å²) in [6, 6.07) is 12.1. The number of benzene rings is 2. The maximum absolute atomic E-state index is 12.4. The van der Waals surface area contributed by atoms with Gasteiger partial charge >= 0.3 is 6.36 Å². The third kappa shape index (κ3) is 4.76. The highest BCUT2D eigenvalue weighted by atomic mass is 19.4. The number of carbonyl (C=O) groups excluding carboxylic acids is 1. The Kier molecular flexibility index (Phi) is 5.63. The van der Waals surface area contributed by atoms with Crippen LogP contribution in [0.2, 0.25) is 0 Å². The number of hydrogen-bond donors (Lipinski definition) is 1. The molecule has 2 heterocycles. The molecule has 0 saturated heterocycles. The van der Waals surface area contributed by atoms with Crippen LogP contribution in [-0.2, 0) is 17.8 Å². The molecule has 32 heavy (non-hydrogen) atoms. The van der Waals surface area contributed by atoms with Gasteiger partial charge in [0.1, 0.15) is 11.4 Å². The first-order valence-electron chi connectivity index (χ1n) is 9.70. The van der Waals surface area contributed by atoms with Gasteiger partial charge in [-0.1, -0.05) is 5.92 Å². The van der Waals surface area contributed by atoms with Gasteiger partial charge in [-0.25, -0.2) is 4.68 Å². The molecular weight excluding hydrogens is 423 g/mol. The molecule has 1 aliphatic rings. The Hall–Kier alpha value is -3.77. The molecule has 0 aliphatic carbocycles. The molecule has 2 N–H and O–H groups in total. The molecule has 0 fully saturated rings. The highest BCUT2D eigenvalue weighted by Gasteiger charge is 2.31. The number of primary amides is 1. The zero-order valence-corrected chi connectivity index (χ0v) is 16.9. The molecule has 6 nitrogen and oxygen atoms in total. The van der Waals surface area contributed by atoms with Crippen molar-refractivity contribution in [3.8, 4) is 23.3 Å². The minimum atomic E-state index is -4.75. The maximum Gasteiger partial charge on any atom is 0.573 e. The largest absolute Gasteiger partial charge is 0.573 e. The number of ether oxygens (including phenoxy) is 2. The van der Waals surface area contributed by atoms with Crippen molar-refractivity contribution in [1.82, 2.24) is 9.78 Å². The molecule has 4 rings (SSSR count). The van der Waals surface area contributed by atoms with Gasteiger partial charge in [0, 0.05) is 23.1 Å². The number of halogens is 3. The molecule has 1 amide bonds. The number of carbonyl (C=O) groups is 1. The summed E-state index contributed by atoms with van der Waals surface area (Å²) in [5.74, 6) is 5.22. The van der Waals surface area contributed by atoms with E-state index < -0.39 is 12.3 Å². The summed E-state index contributed by atoms with van der Waals surface area (Å²) in [5.41, 5.74) is 9.14. The van der Waals surface area contributed by atoms with Gasteiger partial charge in [0.05, 0.1) is 24.1 Å². The topological polar surface area (TPSA) is 79.4 Å². The van der Waals surface area contributed by atoms with Gasteiger partial charge in [0.25, 0.3) is 0 Å². The quantitative estimate of drug-likeness (QED) is 0.629. The lowest BCUT2D eigenvalue weighted by molar-refractivity contribution is -0.274. The van der Waals surface area contributed by atoms with Crippen LogP contribution in [0.5, 0.6) is 5.75 Å². The number of rotatable bonds is 3. The summed E-state index contributed by atoms with van der Waals surface area (Å²) in [4.78, 5) is 11.2. The van der Waals surface area contributed by atoms with Crippen molar-refractivity contribution in [3.63, 3.8) is 0 Å². The molecule has 1 aromatic heterocycles. The third-order valence-corrected chi connectivity index (χ3v) is 4.89. The van der Waals surface area contributed by atoms with Gasteiger partial charge in [-0.2, -0.15) is 5.10 Å². The van der Waals surface area contributed by atoms with Crippen LogP contribution in [0.4, 0.5) is 13.2 Å². The minimum Gasteiger partial charge on any atom is -0.406 e. The fraction of sp³-hybridized carbons (Fsp3) is 0.217. The van der Waals surface area contributed by atoms with E-state index in [0.717, 1.165) is 11.3 Å². The summed E-state index contributed by atoms with van der Waals surface area (Å²) >= 11 is 0. The van der Waals surface area contributed by atoms with Crippen molar-refractivity contribution in [2.24, 2.45) is 5.73 Å². The van der Waals surface area contributed by atoms with E-state index in [1.54, 1.807) is 28.9 Å². The van der Waals surface area contributed by atoms with E-state index >= 15 is 0 Å². The predicted molar refractivity (Wildman–Crippen MR) is 109 cm³/mol. The average Bonchev–Trinajstić information content (AvgIpc) is 3.09. The number of nitrogens with zero attached hydrogens (tertiary/aromatic N) is 2. The van der Waals surface area contributed by atoms with Crippen LogP contribution in [0.15, 0.2) is 48.5 Å². The molecule has 164 valence electrons. The van der Waals surface area contributed by atoms with E-state index in [1.807, 2.05) is 6.92 Å². The normalized spacial score (nSPS) is 15.4. The van der Waals surface area contributed by atoms with Gasteiger partial charge in [-0.3, -0.25) is 4.79 Å². The van der Waals surface area contributed by atoms with Gasteiger partial charge < -0.3 is 15.2 Å². The predicted octanol–water partition coefficient (Wildman–Crippen LogP) is 3.73. The number of amides is 1. The molecule has 0 unspecified atom stereocenters. The fourth-order valence-corrected chi connectivity index (χ4v) is 3.36. The molecule has 9 heteroatoms. The third-order valence-electron chi connectivity index (χ3n) is 4.89. The lowest BCUT2D eigenvalue weighted by atomic mass is 10.0. The first-order valence-corrected chi connectivity index (χ1v) is 9.70. The van der Waals surface area contributed by atoms with E-state index in [1.165, 1.54) is 24.3 Å². The molecule has 0 spiro atoms. The summed E-state index contributed by atoms with van der Waals surface area (Å²) in [6.45, 7) is 2.27. The lowest BCUT2D eigenvalue weighted by Gasteiger charge is -2.20. The maximum atomic E-state index is 12.4. The Balaban J connectivity index is 1.67. The van der Waals surface area contributed by atoms with Gasteiger partial charge in [0.2, 0.25) is 5.91 Å². The Morgan fingerprint density at radius 1 is 1.16 bits per heavy atom. The summed E-state index contributed by atoms with van der Waals surface area (Å²) in [5, 5.41) is 4.59. The van der Waals surface area contributed by atoms with Crippen LogP contribution in [-0.4, -0.2) is 28.2 Å². The average molecular weight is 441 g/mol. The SMILES string of the molecule is C[C@H]1Cc2c(c(C#Cc3ccc(C(N)=O)cc3)nn2-c2ccc(OC(F)(F)F)cc2)CO1. The van der Waals surface area contributed by atoms with Crippen molar-refractivity contribution in [2.45, 2.75) is 32.4 Å². The van der Waals surface area contributed by atoms with E-state index in [4.69, 9.17) is 10.5 Å². The smallest absolute Gasteiger partial charge is 0.406 e. The first kappa shape index (κ1) is 21.5. The van der Waals surface area contributed by atoms with Crippen molar-refractivity contribution in [3.05, 3.63) is 76.6 Å². The first-order chi connectivity index (χ1) is 15.2. The zero-order chi connectivity index (χ0) is 22.9. The molecule has 1 atom stereocenters. The monoisotopic (exact) mass is 441 g/mol. The van der Waals surface area contributed by atoms with Crippen molar-refractivity contribution < 1.29 is 27.4 Å². The molecule has 0 radical (unpaired) electrons. The number of alkyl halides is 3. The van der Waals surface area contributed by atoms with Crippen LogP contribution in [0, 0.1) is 11.8 Å². The standard InChI is InChI=1S/C23H18F3N3O3/c1-14-12-21-19(13-31-14)20(11-4-15-2-5-16(6-3-15)22(27)30)28-29(21)17-7-9-18(10-8-17)32-23(24,25)26/h2-3,5-10,14H,12-13H2,1H3,(H2,27,30)/t14-/m0/s1. The second-order valence-corrected chi connectivity index (χ2v) is 7.24. The summed E-state index contributed by atoms with van der Waals surface area (Å²) in [7, 11) is 0. The highest BCUT2D eigenvalue weighted by Crippen LogP contribution is 2.28. The molecule has 2 aromatic carbocycles. The minimum absolute atomic E-state index is 0.0343. The van der Waals surface area contributed by atoms with Crippen molar-refractivity contribution in [2.75, 3.05) is 0 Å². The summed E-state index contributed by atoms with van der Waals surface area (Å²) < 4.78 is 48.6. The van der Waals surface area contributed by atoms with Crippen molar-refractivity contribution in [1.29, 1.82) is 0 Å². The Labute approximate surface area is 181 Å². The van der Waals surface area contributed by atoms with Gasteiger partial charge in [-0.15, -0.1) is 13.2 Å². The van der Waals surface area contributed by atoms with Crippen LogP contribution >= 0.6 is 0 Å². The Bertz CT molecular complexity index is 1200. The second kappa shape index (κ2) is 8.40. The van der Waals surface area contributed by atoms with Gasteiger partial charge in [0.15, 0.2) is 0 Å².